The maximum absolute atomic E-state index is 12.5. The molecule has 142 valence electrons. The van der Waals surface area contributed by atoms with Crippen molar-refractivity contribution in [3.8, 4) is 5.69 Å². The van der Waals surface area contributed by atoms with E-state index in [1.54, 1.807) is 10.6 Å². The SMILES string of the molecule is O=C(/C=C/c1ccccc1)N1CCC(c2n[nH]c(=O)n2-c2ccccc2)CC1. The van der Waals surface area contributed by atoms with Crippen LogP contribution in [0.1, 0.15) is 30.1 Å². The number of carbonyl (C=O) groups is 1. The average molecular weight is 374 g/mol. The number of benzene rings is 2. The summed E-state index contributed by atoms with van der Waals surface area (Å²) >= 11 is 0. The highest BCUT2D eigenvalue weighted by Crippen LogP contribution is 2.27. The molecule has 6 heteroatoms. The van der Waals surface area contributed by atoms with Crippen LogP contribution in [-0.2, 0) is 4.79 Å². The van der Waals surface area contributed by atoms with Crippen molar-refractivity contribution in [3.63, 3.8) is 0 Å². The van der Waals surface area contributed by atoms with E-state index in [-0.39, 0.29) is 17.5 Å². The molecule has 2 aromatic carbocycles. The quantitative estimate of drug-likeness (QED) is 0.714. The van der Waals surface area contributed by atoms with Gasteiger partial charge in [0.05, 0.1) is 5.69 Å². The lowest BCUT2D eigenvalue weighted by molar-refractivity contribution is -0.127. The molecule has 2 heterocycles. The third-order valence-corrected chi connectivity index (χ3v) is 5.10. The van der Waals surface area contributed by atoms with Crippen LogP contribution in [0, 0.1) is 0 Å². The fourth-order valence-electron chi connectivity index (χ4n) is 3.60. The van der Waals surface area contributed by atoms with E-state index in [1.807, 2.05) is 71.6 Å². The van der Waals surface area contributed by atoms with Crippen LogP contribution in [0.5, 0.6) is 0 Å². The molecule has 0 unspecified atom stereocenters. The number of piperidine rings is 1. The molecule has 0 saturated carbocycles. The summed E-state index contributed by atoms with van der Waals surface area (Å²) in [6, 6.07) is 19.3. The number of nitrogens with one attached hydrogen (secondary N) is 1. The van der Waals surface area contributed by atoms with E-state index in [0.29, 0.717) is 13.1 Å². The van der Waals surface area contributed by atoms with Gasteiger partial charge in [0.1, 0.15) is 5.82 Å². The van der Waals surface area contributed by atoms with Gasteiger partial charge in [-0.3, -0.25) is 4.79 Å². The van der Waals surface area contributed by atoms with Crippen molar-refractivity contribution < 1.29 is 4.79 Å². The van der Waals surface area contributed by atoms with Crippen LogP contribution in [0.25, 0.3) is 11.8 Å². The number of hydrogen-bond acceptors (Lipinski definition) is 3. The Morgan fingerprint density at radius 2 is 1.64 bits per heavy atom. The molecule has 28 heavy (non-hydrogen) atoms. The molecular formula is C22H22N4O2. The van der Waals surface area contributed by atoms with Gasteiger partial charge in [0.15, 0.2) is 0 Å². The first kappa shape index (κ1) is 18.0. The van der Waals surface area contributed by atoms with E-state index < -0.39 is 0 Å². The van der Waals surface area contributed by atoms with Crippen LogP contribution < -0.4 is 5.69 Å². The van der Waals surface area contributed by atoms with Crippen molar-refractivity contribution in [1.29, 1.82) is 0 Å². The zero-order valence-electron chi connectivity index (χ0n) is 15.5. The maximum atomic E-state index is 12.5. The Kier molecular flexibility index (Phi) is 5.19. The first-order valence-corrected chi connectivity index (χ1v) is 9.47. The van der Waals surface area contributed by atoms with Gasteiger partial charge in [-0.2, -0.15) is 5.10 Å². The minimum absolute atomic E-state index is 0.0183. The van der Waals surface area contributed by atoms with Gasteiger partial charge in [0.25, 0.3) is 0 Å². The fraction of sp³-hybridized carbons (Fsp3) is 0.227. The van der Waals surface area contributed by atoms with Crippen molar-refractivity contribution in [1.82, 2.24) is 19.7 Å². The number of hydrogen-bond donors (Lipinski definition) is 1. The Morgan fingerprint density at radius 1 is 1.00 bits per heavy atom. The largest absolute Gasteiger partial charge is 0.347 e. The van der Waals surface area contributed by atoms with E-state index in [2.05, 4.69) is 10.2 Å². The van der Waals surface area contributed by atoms with Gasteiger partial charge in [-0.25, -0.2) is 14.5 Å². The van der Waals surface area contributed by atoms with E-state index >= 15 is 0 Å². The number of nitrogens with zero attached hydrogens (tertiary/aromatic N) is 3. The molecule has 3 aromatic rings. The number of aromatic nitrogens is 3. The van der Waals surface area contributed by atoms with E-state index in [4.69, 9.17) is 0 Å². The molecule has 0 spiro atoms. The summed E-state index contributed by atoms with van der Waals surface area (Å²) < 4.78 is 1.64. The Hall–Kier alpha value is -3.41. The monoisotopic (exact) mass is 374 g/mol. The summed E-state index contributed by atoms with van der Waals surface area (Å²) in [5.41, 5.74) is 1.58. The topological polar surface area (TPSA) is 71.0 Å². The van der Waals surface area contributed by atoms with Crippen LogP contribution >= 0.6 is 0 Å². The van der Waals surface area contributed by atoms with Gasteiger partial charge in [0.2, 0.25) is 5.91 Å². The average Bonchev–Trinajstić information content (AvgIpc) is 3.15. The van der Waals surface area contributed by atoms with Gasteiger partial charge in [-0.05, 0) is 36.6 Å². The lowest BCUT2D eigenvalue weighted by atomic mass is 9.95. The van der Waals surface area contributed by atoms with Crippen molar-refractivity contribution in [2.24, 2.45) is 0 Å². The Morgan fingerprint density at radius 3 is 2.32 bits per heavy atom. The number of amides is 1. The molecule has 1 aromatic heterocycles. The number of aromatic amines is 1. The number of likely N-dealkylation sites (tertiary alicyclic amines) is 1. The molecular weight excluding hydrogens is 352 g/mol. The molecule has 1 saturated heterocycles. The van der Waals surface area contributed by atoms with E-state index in [9.17, 15) is 9.59 Å². The van der Waals surface area contributed by atoms with Gasteiger partial charge in [-0.1, -0.05) is 48.5 Å². The smallest absolute Gasteiger partial charge is 0.339 e. The fourth-order valence-corrected chi connectivity index (χ4v) is 3.60. The Labute approximate surface area is 163 Å². The van der Waals surface area contributed by atoms with Gasteiger partial charge in [-0.15, -0.1) is 0 Å². The Balaban J connectivity index is 1.43. The molecule has 1 fully saturated rings. The van der Waals surface area contributed by atoms with Crippen LogP contribution in [0.2, 0.25) is 0 Å². The van der Waals surface area contributed by atoms with E-state index in [1.165, 1.54) is 0 Å². The van der Waals surface area contributed by atoms with Gasteiger partial charge in [0, 0.05) is 25.1 Å². The van der Waals surface area contributed by atoms with Crippen LogP contribution in [0.3, 0.4) is 0 Å². The maximum Gasteiger partial charge on any atom is 0.347 e. The minimum Gasteiger partial charge on any atom is -0.339 e. The first-order valence-electron chi connectivity index (χ1n) is 9.47. The lowest BCUT2D eigenvalue weighted by Gasteiger charge is -2.30. The van der Waals surface area contributed by atoms with Crippen LogP contribution in [-0.4, -0.2) is 38.7 Å². The zero-order valence-corrected chi connectivity index (χ0v) is 15.5. The minimum atomic E-state index is -0.231. The van der Waals surface area contributed by atoms with Crippen molar-refractivity contribution in [2.45, 2.75) is 18.8 Å². The molecule has 1 amide bonds. The van der Waals surface area contributed by atoms with E-state index in [0.717, 1.165) is 29.9 Å². The van der Waals surface area contributed by atoms with Gasteiger partial charge >= 0.3 is 5.69 Å². The summed E-state index contributed by atoms with van der Waals surface area (Å²) in [5.74, 6) is 0.897. The number of rotatable bonds is 4. The lowest BCUT2D eigenvalue weighted by Crippen LogP contribution is -2.37. The third kappa shape index (κ3) is 3.81. The highest BCUT2D eigenvalue weighted by molar-refractivity contribution is 5.91. The Bertz CT molecular complexity index is 1010. The van der Waals surface area contributed by atoms with Crippen molar-refractivity contribution >= 4 is 12.0 Å². The second kappa shape index (κ2) is 8.08. The number of para-hydroxylation sites is 1. The second-order valence-electron chi connectivity index (χ2n) is 6.90. The molecule has 1 aliphatic heterocycles. The van der Waals surface area contributed by atoms with Crippen molar-refractivity contribution in [3.05, 3.63) is 88.6 Å². The molecule has 6 nitrogen and oxygen atoms in total. The highest BCUT2D eigenvalue weighted by Gasteiger charge is 2.27. The molecule has 1 aliphatic rings. The highest BCUT2D eigenvalue weighted by atomic mass is 16.2. The van der Waals surface area contributed by atoms with Crippen molar-refractivity contribution in [2.75, 3.05) is 13.1 Å². The standard InChI is InChI=1S/C22H22N4O2/c27-20(12-11-17-7-3-1-4-8-17)25-15-13-18(14-16-25)21-23-24-22(28)26(21)19-9-5-2-6-10-19/h1-12,18H,13-16H2,(H,24,28)/b12-11+. The summed E-state index contributed by atoms with van der Waals surface area (Å²) in [4.78, 5) is 26.6. The summed E-state index contributed by atoms with van der Waals surface area (Å²) in [7, 11) is 0. The molecule has 0 atom stereocenters. The molecule has 0 bridgehead atoms. The first-order chi connectivity index (χ1) is 13.7. The second-order valence-corrected chi connectivity index (χ2v) is 6.90. The molecule has 1 N–H and O–H groups in total. The summed E-state index contributed by atoms with van der Waals surface area (Å²) in [6.07, 6.45) is 5.03. The summed E-state index contributed by atoms with van der Waals surface area (Å²) in [6.45, 7) is 1.30. The zero-order chi connectivity index (χ0) is 19.3. The summed E-state index contributed by atoms with van der Waals surface area (Å²) in [5, 5.41) is 6.84. The third-order valence-electron chi connectivity index (χ3n) is 5.10. The molecule has 0 radical (unpaired) electrons. The van der Waals surface area contributed by atoms with Crippen LogP contribution in [0.15, 0.2) is 71.5 Å². The van der Waals surface area contributed by atoms with Crippen LogP contribution in [0.4, 0.5) is 0 Å². The predicted octanol–water partition coefficient (Wildman–Crippen LogP) is 2.98. The van der Waals surface area contributed by atoms with Gasteiger partial charge < -0.3 is 4.90 Å². The number of H-pyrrole nitrogens is 1. The normalized spacial score (nSPS) is 15.2. The number of carbonyl (C=O) groups excluding carboxylic acids is 1. The molecule has 4 rings (SSSR count). The molecule has 0 aliphatic carbocycles. The predicted molar refractivity (Wildman–Crippen MR) is 108 cm³/mol.